The lowest BCUT2D eigenvalue weighted by molar-refractivity contribution is -0.126. The third-order valence-corrected chi connectivity index (χ3v) is 4.77. The van der Waals surface area contributed by atoms with E-state index in [1.807, 2.05) is 0 Å². The number of hydrogen-bond donors (Lipinski definition) is 3. The number of ether oxygens (including phenoxy) is 2. The molecule has 1 atom stereocenters. The average Bonchev–Trinajstić information content (AvgIpc) is 3.02. The highest BCUT2D eigenvalue weighted by Gasteiger charge is 2.22. The maximum absolute atomic E-state index is 12.3. The van der Waals surface area contributed by atoms with Gasteiger partial charge in [-0.15, -0.1) is 12.4 Å². The highest BCUT2D eigenvalue weighted by molar-refractivity contribution is 5.99. The molecule has 1 heterocycles. The highest BCUT2D eigenvalue weighted by atomic mass is 35.5. The van der Waals surface area contributed by atoms with Crippen molar-refractivity contribution in [3.63, 3.8) is 0 Å². The SMILES string of the molecule is CC(NC(=O)CC1CCCCC1)C(=O)Nc1cc2c(cc1N)OCO2.Cl. The molecule has 1 aromatic carbocycles. The molecule has 2 amide bonds. The Hall–Kier alpha value is -2.15. The predicted molar refractivity (Wildman–Crippen MR) is 102 cm³/mol. The summed E-state index contributed by atoms with van der Waals surface area (Å²) in [7, 11) is 0. The van der Waals surface area contributed by atoms with Gasteiger partial charge in [-0.25, -0.2) is 0 Å². The number of nitrogens with one attached hydrogen (secondary N) is 2. The molecule has 1 aromatic rings. The first-order chi connectivity index (χ1) is 12.0. The van der Waals surface area contributed by atoms with Crippen LogP contribution in [0.25, 0.3) is 0 Å². The number of nitrogens with two attached hydrogens (primary N) is 1. The molecule has 2 aliphatic rings. The first-order valence-corrected chi connectivity index (χ1v) is 8.82. The summed E-state index contributed by atoms with van der Waals surface area (Å²) in [6.07, 6.45) is 6.33. The largest absolute Gasteiger partial charge is 0.454 e. The Kier molecular flexibility index (Phi) is 6.97. The van der Waals surface area contributed by atoms with E-state index in [1.54, 1.807) is 19.1 Å². The van der Waals surface area contributed by atoms with Crippen LogP contribution >= 0.6 is 12.4 Å². The van der Waals surface area contributed by atoms with Gasteiger partial charge in [0, 0.05) is 18.6 Å². The first kappa shape index (κ1) is 20.2. The molecular weight excluding hydrogens is 358 g/mol. The Balaban J connectivity index is 0.00000243. The molecule has 3 rings (SSSR count). The summed E-state index contributed by atoms with van der Waals surface area (Å²) in [5.41, 5.74) is 6.76. The standard InChI is InChI=1S/C18H25N3O4.ClH/c1-11(20-17(22)7-12-5-3-2-4-6-12)18(23)21-14-9-16-15(8-13(14)19)24-10-25-16;/h8-9,11-12H,2-7,10,19H2,1H3,(H,20,22)(H,21,23);1H. The minimum absolute atomic E-state index is 0. The van der Waals surface area contributed by atoms with Gasteiger partial charge in [-0.05, 0) is 25.7 Å². The molecule has 1 saturated carbocycles. The van der Waals surface area contributed by atoms with E-state index in [0.29, 0.717) is 35.2 Å². The Morgan fingerprint density at radius 2 is 1.85 bits per heavy atom. The van der Waals surface area contributed by atoms with Crippen molar-refractivity contribution in [2.75, 3.05) is 17.8 Å². The second-order valence-electron chi connectivity index (χ2n) is 6.78. The fraction of sp³-hybridized carbons (Fsp3) is 0.556. The van der Waals surface area contributed by atoms with Crippen molar-refractivity contribution >= 4 is 35.6 Å². The summed E-state index contributed by atoms with van der Waals surface area (Å²) in [5, 5.41) is 5.51. The summed E-state index contributed by atoms with van der Waals surface area (Å²) < 4.78 is 10.5. The quantitative estimate of drug-likeness (QED) is 0.678. The molecule has 0 radical (unpaired) electrons. The minimum atomic E-state index is -0.638. The molecule has 0 aromatic heterocycles. The molecular formula is C18H26ClN3O4. The Morgan fingerprint density at radius 3 is 2.54 bits per heavy atom. The highest BCUT2D eigenvalue weighted by Crippen LogP contribution is 2.38. The molecule has 4 N–H and O–H groups in total. The second kappa shape index (κ2) is 8.98. The van der Waals surface area contributed by atoms with Gasteiger partial charge in [0.25, 0.3) is 0 Å². The van der Waals surface area contributed by atoms with Crippen LogP contribution in [0.15, 0.2) is 12.1 Å². The number of fused-ring (bicyclic) bond motifs is 1. The summed E-state index contributed by atoms with van der Waals surface area (Å²) in [5.74, 6) is 1.15. The lowest BCUT2D eigenvalue weighted by atomic mass is 9.87. The van der Waals surface area contributed by atoms with Crippen molar-refractivity contribution < 1.29 is 19.1 Å². The third-order valence-electron chi connectivity index (χ3n) is 4.77. The van der Waals surface area contributed by atoms with Crippen molar-refractivity contribution in [1.82, 2.24) is 5.32 Å². The molecule has 26 heavy (non-hydrogen) atoms. The van der Waals surface area contributed by atoms with Crippen molar-refractivity contribution in [2.45, 2.75) is 51.5 Å². The van der Waals surface area contributed by atoms with E-state index in [2.05, 4.69) is 10.6 Å². The Labute approximate surface area is 159 Å². The fourth-order valence-electron chi connectivity index (χ4n) is 3.33. The minimum Gasteiger partial charge on any atom is -0.454 e. The van der Waals surface area contributed by atoms with Gasteiger partial charge >= 0.3 is 0 Å². The molecule has 1 fully saturated rings. The van der Waals surface area contributed by atoms with E-state index >= 15 is 0 Å². The van der Waals surface area contributed by atoms with E-state index in [-0.39, 0.29) is 31.0 Å². The van der Waals surface area contributed by atoms with Crippen LogP contribution in [0.3, 0.4) is 0 Å². The third kappa shape index (κ3) is 4.94. The Morgan fingerprint density at radius 1 is 1.19 bits per heavy atom. The molecule has 0 spiro atoms. The Bertz CT molecular complexity index is 662. The van der Waals surface area contributed by atoms with E-state index < -0.39 is 6.04 Å². The lowest BCUT2D eigenvalue weighted by Crippen LogP contribution is -2.42. The van der Waals surface area contributed by atoms with Crippen LogP contribution in [0.4, 0.5) is 11.4 Å². The molecule has 1 unspecified atom stereocenters. The number of carbonyl (C=O) groups is 2. The van der Waals surface area contributed by atoms with Crippen LogP contribution in [-0.2, 0) is 9.59 Å². The number of nitrogen functional groups attached to an aromatic ring is 1. The van der Waals surface area contributed by atoms with Crippen molar-refractivity contribution in [3.05, 3.63) is 12.1 Å². The van der Waals surface area contributed by atoms with Gasteiger partial charge in [-0.2, -0.15) is 0 Å². The summed E-state index contributed by atoms with van der Waals surface area (Å²) >= 11 is 0. The molecule has 0 bridgehead atoms. The fourth-order valence-corrected chi connectivity index (χ4v) is 3.33. The molecule has 0 saturated heterocycles. The summed E-state index contributed by atoms with van der Waals surface area (Å²) in [4.78, 5) is 24.5. The van der Waals surface area contributed by atoms with Crippen LogP contribution < -0.4 is 25.8 Å². The van der Waals surface area contributed by atoms with E-state index in [4.69, 9.17) is 15.2 Å². The molecule has 7 nitrogen and oxygen atoms in total. The molecule has 1 aliphatic carbocycles. The zero-order chi connectivity index (χ0) is 17.8. The number of carbonyl (C=O) groups excluding carboxylic acids is 2. The summed E-state index contributed by atoms with van der Waals surface area (Å²) in [6.45, 7) is 1.80. The van der Waals surface area contributed by atoms with Crippen LogP contribution in [-0.4, -0.2) is 24.6 Å². The van der Waals surface area contributed by atoms with Gasteiger partial charge in [-0.1, -0.05) is 19.3 Å². The molecule has 144 valence electrons. The zero-order valence-electron chi connectivity index (χ0n) is 14.9. The van der Waals surface area contributed by atoms with Gasteiger partial charge in [0.2, 0.25) is 18.6 Å². The summed E-state index contributed by atoms with van der Waals surface area (Å²) in [6, 6.07) is 2.61. The maximum atomic E-state index is 12.3. The number of hydrogen-bond acceptors (Lipinski definition) is 5. The zero-order valence-corrected chi connectivity index (χ0v) is 15.7. The normalized spacial score (nSPS) is 17.1. The number of benzene rings is 1. The maximum Gasteiger partial charge on any atom is 0.246 e. The van der Waals surface area contributed by atoms with Gasteiger partial charge < -0.3 is 25.8 Å². The van der Waals surface area contributed by atoms with E-state index in [1.165, 1.54) is 19.3 Å². The van der Waals surface area contributed by atoms with Crippen LogP contribution in [0.2, 0.25) is 0 Å². The smallest absolute Gasteiger partial charge is 0.246 e. The predicted octanol–water partition coefficient (Wildman–Crippen LogP) is 2.83. The van der Waals surface area contributed by atoms with Crippen LogP contribution in [0.1, 0.15) is 45.4 Å². The van der Waals surface area contributed by atoms with Crippen LogP contribution in [0, 0.1) is 5.92 Å². The monoisotopic (exact) mass is 383 g/mol. The van der Waals surface area contributed by atoms with Gasteiger partial charge in [-0.3, -0.25) is 9.59 Å². The number of halogens is 1. The lowest BCUT2D eigenvalue weighted by Gasteiger charge is -2.22. The molecule has 8 heteroatoms. The average molecular weight is 384 g/mol. The second-order valence-corrected chi connectivity index (χ2v) is 6.78. The van der Waals surface area contributed by atoms with Crippen molar-refractivity contribution in [2.24, 2.45) is 5.92 Å². The van der Waals surface area contributed by atoms with Crippen LogP contribution in [0.5, 0.6) is 11.5 Å². The number of rotatable bonds is 5. The van der Waals surface area contributed by atoms with Crippen molar-refractivity contribution in [1.29, 1.82) is 0 Å². The van der Waals surface area contributed by atoms with Crippen molar-refractivity contribution in [3.8, 4) is 11.5 Å². The van der Waals surface area contributed by atoms with Gasteiger partial charge in [0.1, 0.15) is 6.04 Å². The van der Waals surface area contributed by atoms with Gasteiger partial charge in [0.15, 0.2) is 11.5 Å². The van der Waals surface area contributed by atoms with E-state index in [9.17, 15) is 9.59 Å². The van der Waals surface area contributed by atoms with Gasteiger partial charge in [0.05, 0.1) is 11.4 Å². The molecule has 1 aliphatic heterocycles. The number of anilines is 2. The van der Waals surface area contributed by atoms with E-state index in [0.717, 1.165) is 12.8 Å². The first-order valence-electron chi connectivity index (χ1n) is 8.82. The number of amides is 2. The topological polar surface area (TPSA) is 103 Å².